The van der Waals surface area contributed by atoms with Gasteiger partial charge >= 0.3 is 0 Å². The normalized spacial score (nSPS) is 16.3. The van der Waals surface area contributed by atoms with Crippen LogP contribution < -0.4 is 0 Å². The van der Waals surface area contributed by atoms with E-state index < -0.39 is 0 Å². The highest BCUT2D eigenvalue weighted by molar-refractivity contribution is 6.30. The lowest BCUT2D eigenvalue weighted by atomic mass is 9.95. The smallest absolute Gasteiger partial charge is 0.273 e. The lowest BCUT2D eigenvalue weighted by Gasteiger charge is -2.28. The molecule has 4 nitrogen and oxygen atoms in total. The number of hydrogen-bond acceptors (Lipinski definition) is 2. The van der Waals surface area contributed by atoms with E-state index in [4.69, 9.17) is 11.6 Å². The van der Waals surface area contributed by atoms with Crippen LogP contribution in [0.25, 0.3) is 11.3 Å². The summed E-state index contributed by atoms with van der Waals surface area (Å²) in [6, 6.07) is 15.8. The molecule has 0 saturated heterocycles. The first-order valence-corrected chi connectivity index (χ1v) is 9.55. The predicted molar refractivity (Wildman–Crippen MR) is 108 cm³/mol. The van der Waals surface area contributed by atoms with Gasteiger partial charge in [-0.3, -0.25) is 9.89 Å². The topological polar surface area (TPSA) is 49.0 Å². The van der Waals surface area contributed by atoms with E-state index in [1.54, 1.807) is 0 Å². The molecule has 1 N–H and O–H groups in total. The molecule has 2 heterocycles. The summed E-state index contributed by atoms with van der Waals surface area (Å²) >= 11 is 6.04. The van der Waals surface area contributed by atoms with Crippen molar-refractivity contribution in [1.29, 1.82) is 0 Å². The number of aryl methyl sites for hydroxylation is 1. The van der Waals surface area contributed by atoms with E-state index in [-0.39, 0.29) is 11.9 Å². The van der Waals surface area contributed by atoms with Gasteiger partial charge in [0.2, 0.25) is 0 Å². The molecular weight excluding hydrogens is 358 g/mol. The summed E-state index contributed by atoms with van der Waals surface area (Å²) in [5.41, 5.74) is 5.60. The largest absolute Gasteiger partial charge is 0.326 e. The van der Waals surface area contributed by atoms with Crippen molar-refractivity contribution in [3.8, 4) is 11.3 Å². The third kappa shape index (κ3) is 3.15. The summed E-state index contributed by atoms with van der Waals surface area (Å²) in [6.07, 6.45) is 0. The second-order valence-electron chi connectivity index (χ2n) is 7.53. The van der Waals surface area contributed by atoms with Crippen LogP contribution in [0.1, 0.15) is 47.1 Å². The monoisotopic (exact) mass is 379 g/mol. The van der Waals surface area contributed by atoms with E-state index in [0.29, 0.717) is 23.2 Å². The first kappa shape index (κ1) is 17.8. The maximum Gasteiger partial charge on any atom is 0.273 e. The van der Waals surface area contributed by atoms with E-state index >= 15 is 0 Å². The fourth-order valence-corrected chi connectivity index (χ4v) is 3.83. The Morgan fingerprint density at radius 1 is 1.11 bits per heavy atom. The Bertz CT molecular complexity index is 974. The van der Waals surface area contributed by atoms with E-state index in [1.165, 1.54) is 5.56 Å². The number of nitrogens with one attached hydrogen (secondary N) is 1. The highest BCUT2D eigenvalue weighted by Gasteiger charge is 2.42. The Kier molecular flexibility index (Phi) is 4.52. The molecule has 5 heteroatoms. The first-order valence-electron chi connectivity index (χ1n) is 9.17. The molecule has 1 aromatic heterocycles. The SMILES string of the molecule is Cc1ccc(C2c3c(-c4ccc(Cl)cc4)n[nH]c3C(=O)N2CC(C)C)cc1. The number of H-pyrrole nitrogens is 1. The van der Waals surface area contributed by atoms with Crippen LogP contribution in [0, 0.1) is 12.8 Å². The van der Waals surface area contributed by atoms with Crippen molar-refractivity contribution in [2.45, 2.75) is 26.8 Å². The number of hydrogen-bond donors (Lipinski definition) is 1. The highest BCUT2D eigenvalue weighted by Crippen LogP contribution is 2.43. The average Bonchev–Trinajstić information content (AvgIpc) is 3.17. The van der Waals surface area contributed by atoms with Gasteiger partial charge in [0.05, 0.1) is 11.7 Å². The number of carbonyl (C=O) groups is 1. The van der Waals surface area contributed by atoms with Crippen molar-refractivity contribution >= 4 is 17.5 Å². The van der Waals surface area contributed by atoms with Crippen molar-refractivity contribution < 1.29 is 4.79 Å². The highest BCUT2D eigenvalue weighted by atomic mass is 35.5. The quantitative estimate of drug-likeness (QED) is 0.673. The fourth-order valence-electron chi connectivity index (χ4n) is 3.70. The molecule has 0 aliphatic carbocycles. The number of halogens is 1. The Hall–Kier alpha value is -2.59. The Labute approximate surface area is 164 Å². The van der Waals surface area contributed by atoms with Gasteiger partial charge in [0.25, 0.3) is 5.91 Å². The van der Waals surface area contributed by atoms with Gasteiger partial charge in [-0.2, -0.15) is 5.10 Å². The second kappa shape index (κ2) is 6.86. The standard InChI is InChI=1S/C22H22ClN3O/c1-13(2)12-26-21(16-6-4-14(3)5-7-16)18-19(24-25-20(18)22(26)27)15-8-10-17(23)11-9-15/h4-11,13,21H,12H2,1-3H3,(H,24,25). The average molecular weight is 380 g/mol. The van der Waals surface area contributed by atoms with Crippen LogP contribution in [-0.4, -0.2) is 27.5 Å². The molecule has 27 heavy (non-hydrogen) atoms. The summed E-state index contributed by atoms with van der Waals surface area (Å²) < 4.78 is 0. The summed E-state index contributed by atoms with van der Waals surface area (Å²) in [7, 11) is 0. The zero-order valence-corrected chi connectivity index (χ0v) is 16.4. The van der Waals surface area contributed by atoms with Gasteiger partial charge in [-0.15, -0.1) is 0 Å². The minimum Gasteiger partial charge on any atom is -0.326 e. The molecule has 1 aliphatic rings. The van der Waals surface area contributed by atoms with Crippen LogP contribution in [0.5, 0.6) is 0 Å². The molecule has 0 bridgehead atoms. The van der Waals surface area contributed by atoms with Crippen LogP contribution in [0.15, 0.2) is 48.5 Å². The Balaban J connectivity index is 1.87. The number of aromatic nitrogens is 2. The molecule has 0 fully saturated rings. The number of rotatable bonds is 4. The molecule has 0 radical (unpaired) electrons. The number of aromatic amines is 1. The number of amides is 1. The van der Waals surface area contributed by atoms with Gasteiger partial charge in [0.15, 0.2) is 0 Å². The van der Waals surface area contributed by atoms with E-state index in [2.05, 4.69) is 55.2 Å². The van der Waals surface area contributed by atoms with Crippen LogP contribution >= 0.6 is 11.6 Å². The van der Waals surface area contributed by atoms with Gasteiger partial charge in [0, 0.05) is 22.7 Å². The molecule has 1 unspecified atom stereocenters. The van der Waals surface area contributed by atoms with Gasteiger partial charge in [0.1, 0.15) is 5.69 Å². The molecular formula is C22H22ClN3O. The summed E-state index contributed by atoms with van der Waals surface area (Å²) in [4.78, 5) is 15.1. The molecule has 1 atom stereocenters. The zero-order valence-electron chi connectivity index (χ0n) is 15.7. The molecule has 3 aromatic rings. The van der Waals surface area contributed by atoms with Gasteiger partial charge < -0.3 is 4.90 Å². The van der Waals surface area contributed by atoms with Crippen LogP contribution in [0.3, 0.4) is 0 Å². The second-order valence-corrected chi connectivity index (χ2v) is 7.97. The van der Waals surface area contributed by atoms with Crippen LogP contribution in [0.4, 0.5) is 0 Å². The van der Waals surface area contributed by atoms with Crippen LogP contribution in [-0.2, 0) is 0 Å². The van der Waals surface area contributed by atoms with Crippen molar-refractivity contribution in [1.82, 2.24) is 15.1 Å². The molecule has 0 saturated carbocycles. The third-order valence-corrected chi connectivity index (χ3v) is 5.19. The van der Waals surface area contributed by atoms with E-state index in [1.807, 2.05) is 29.2 Å². The number of benzene rings is 2. The van der Waals surface area contributed by atoms with Crippen molar-refractivity contribution in [2.24, 2.45) is 5.92 Å². The van der Waals surface area contributed by atoms with Crippen LogP contribution in [0.2, 0.25) is 5.02 Å². The Morgan fingerprint density at radius 2 is 1.78 bits per heavy atom. The minimum atomic E-state index is -0.139. The van der Waals surface area contributed by atoms with Gasteiger partial charge in [-0.25, -0.2) is 0 Å². The first-order chi connectivity index (χ1) is 13.0. The maximum atomic E-state index is 13.1. The number of carbonyl (C=O) groups excluding carboxylic acids is 1. The molecule has 1 aliphatic heterocycles. The number of fused-ring (bicyclic) bond motifs is 1. The maximum absolute atomic E-state index is 13.1. The predicted octanol–water partition coefficient (Wildman–Crippen LogP) is 5.24. The van der Waals surface area contributed by atoms with Gasteiger partial charge in [-0.05, 0) is 30.5 Å². The molecule has 138 valence electrons. The van der Waals surface area contributed by atoms with E-state index in [9.17, 15) is 4.79 Å². The molecule has 0 spiro atoms. The summed E-state index contributed by atoms with van der Waals surface area (Å²) in [5.74, 6) is 0.384. The Morgan fingerprint density at radius 3 is 2.41 bits per heavy atom. The third-order valence-electron chi connectivity index (χ3n) is 4.94. The lowest BCUT2D eigenvalue weighted by Crippen LogP contribution is -2.32. The molecule has 4 rings (SSSR count). The minimum absolute atomic E-state index is 0.0111. The summed E-state index contributed by atoms with van der Waals surface area (Å²) in [6.45, 7) is 7.02. The van der Waals surface area contributed by atoms with Crippen molar-refractivity contribution in [3.63, 3.8) is 0 Å². The van der Waals surface area contributed by atoms with E-state index in [0.717, 1.165) is 22.4 Å². The zero-order chi connectivity index (χ0) is 19.1. The fraction of sp³-hybridized carbons (Fsp3) is 0.273. The molecule has 1 amide bonds. The summed E-state index contributed by atoms with van der Waals surface area (Å²) in [5, 5.41) is 8.15. The van der Waals surface area contributed by atoms with Crippen molar-refractivity contribution in [2.75, 3.05) is 6.54 Å². The van der Waals surface area contributed by atoms with Crippen molar-refractivity contribution in [3.05, 3.63) is 75.9 Å². The lowest BCUT2D eigenvalue weighted by molar-refractivity contribution is 0.0722. The number of nitrogens with zero attached hydrogens (tertiary/aromatic N) is 2. The van der Waals surface area contributed by atoms with Gasteiger partial charge in [-0.1, -0.05) is 67.4 Å². The molecule has 2 aromatic carbocycles.